The first kappa shape index (κ1) is 15.7. The van der Waals surface area contributed by atoms with E-state index < -0.39 is 0 Å². The maximum Gasteiger partial charge on any atom is 0.325 e. The van der Waals surface area contributed by atoms with Crippen molar-refractivity contribution >= 4 is 0 Å². The fourth-order valence-corrected chi connectivity index (χ4v) is 4.12. The number of aryl methyl sites for hydroxylation is 1. The van der Waals surface area contributed by atoms with Gasteiger partial charge in [-0.25, -0.2) is 4.79 Å². The highest BCUT2D eigenvalue weighted by Gasteiger charge is 2.26. The normalized spacial score (nSPS) is 22.4. The van der Waals surface area contributed by atoms with E-state index in [2.05, 4.69) is 39.0 Å². The first-order valence-electron chi connectivity index (χ1n) is 9.06. The summed E-state index contributed by atoms with van der Waals surface area (Å²) in [6.45, 7) is 6.25. The lowest BCUT2D eigenvalue weighted by atomic mass is 9.87. The average molecular weight is 326 g/mol. The predicted molar refractivity (Wildman–Crippen MR) is 95.3 cm³/mol. The monoisotopic (exact) mass is 326 g/mol. The van der Waals surface area contributed by atoms with Gasteiger partial charge in [-0.1, -0.05) is 24.3 Å². The Morgan fingerprint density at radius 2 is 1.83 bits per heavy atom. The number of imidazole rings is 1. The van der Waals surface area contributed by atoms with Crippen LogP contribution in [0.25, 0.3) is 0 Å². The van der Waals surface area contributed by atoms with Crippen LogP contribution in [0.15, 0.2) is 41.5 Å². The number of nitrogens with one attached hydrogen (secondary N) is 1. The highest BCUT2D eigenvalue weighted by atomic mass is 16.1. The van der Waals surface area contributed by atoms with Gasteiger partial charge in [-0.05, 0) is 30.4 Å². The van der Waals surface area contributed by atoms with Crippen LogP contribution in [0.1, 0.15) is 17.5 Å². The minimum absolute atomic E-state index is 0.00509. The van der Waals surface area contributed by atoms with Crippen molar-refractivity contribution < 1.29 is 0 Å². The highest BCUT2D eigenvalue weighted by molar-refractivity contribution is 5.30. The number of piperazine rings is 1. The molecule has 2 aromatic rings. The number of rotatable bonds is 4. The molecule has 1 atom stereocenters. The number of benzene rings is 1. The lowest BCUT2D eigenvalue weighted by Crippen LogP contribution is -2.52. The zero-order valence-electron chi connectivity index (χ0n) is 14.2. The molecular formula is C19H26N4O. The Morgan fingerprint density at radius 3 is 2.58 bits per heavy atom. The quantitative estimate of drug-likeness (QED) is 0.922. The van der Waals surface area contributed by atoms with Gasteiger partial charge in [0.25, 0.3) is 0 Å². The van der Waals surface area contributed by atoms with Gasteiger partial charge in [0.2, 0.25) is 0 Å². The largest absolute Gasteiger partial charge is 0.325 e. The number of aromatic amines is 1. The first-order valence-corrected chi connectivity index (χ1v) is 9.06. The molecule has 4 rings (SSSR count). The fraction of sp³-hybridized carbons (Fsp3) is 0.526. The van der Waals surface area contributed by atoms with E-state index in [0.29, 0.717) is 6.04 Å². The molecule has 0 unspecified atom stereocenters. The lowest BCUT2D eigenvalue weighted by Gasteiger charge is -2.41. The Morgan fingerprint density at radius 1 is 1.04 bits per heavy atom. The molecule has 1 saturated heterocycles. The molecule has 1 N–H and O–H groups in total. The lowest BCUT2D eigenvalue weighted by molar-refractivity contribution is 0.0874. The second kappa shape index (κ2) is 6.95. The van der Waals surface area contributed by atoms with E-state index in [1.165, 1.54) is 19.3 Å². The van der Waals surface area contributed by atoms with Crippen LogP contribution in [-0.2, 0) is 19.4 Å². The van der Waals surface area contributed by atoms with Crippen LogP contribution in [0, 0.1) is 0 Å². The second-order valence-electron chi connectivity index (χ2n) is 7.00. The molecule has 1 aliphatic carbocycles. The summed E-state index contributed by atoms with van der Waals surface area (Å²) in [6.07, 6.45) is 7.25. The molecule has 0 spiro atoms. The van der Waals surface area contributed by atoms with Gasteiger partial charge in [0.05, 0.1) is 0 Å². The Labute approximate surface area is 142 Å². The van der Waals surface area contributed by atoms with E-state index in [1.807, 2.05) is 6.20 Å². The van der Waals surface area contributed by atoms with E-state index >= 15 is 0 Å². The van der Waals surface area contributed by atoms with Crippen molar-refractivity contribution in [3.8, 4) is 0 Å². The molecule has 2 aliphatic rings. The Hall–Kier alpha value is -1.85. The zero-order valence-corrected chi connectivity index (χ0v) is 14.2. The van der Waals surface area contributed by atoms with Crippen molar-refractivity contribution in [3.63, 3.8) is 0 Å². The number of aromatic nitrogens is 2. The third-order valence-corrected chi connectivity index (χ3v) is 5.62. The molecule has 24 heavy (non-hydrogen) atoms. The second-order valence-corrected chi connectivity index (χ2v) is 7.00. The molecule has 128 valence electrons. The number of nitrogens with zero attached hydrogens (tertiary/aromatic N) is 3. The molecule has 2 heterocycles. The molecule has 0 bridgehead atoms. The van der Waals surface area contributed by atoms with E-state index in [4.69, 9.17) is 0 Å². The van der Waals surface area contributed by atoms with Crippen LogP contribution in [0.3, 0.4) is 0 Å². The number of H-pyrrole nitrogens is 1. The summed E-state index contributed by atoms with van der Waals surface area (Å²) in [5.41, 5.74) is 3.09. The van der Waals surface area contributed by atoms with Gasteiger partial charge >= 0.3 is 5.69 Å². The molecule has 1 aliphatic heterocycles. The van der Waals surface area contributed by atoms with Crippen LogP contribution in [0.5, 0.6) is 0 Å². The topological polar surface area (TPSA) is 44.3 Å². The van der Waals surface area contributed by atoms with E-state index in [0.717, 1.165) is 39.3 Å². The van der Waals surface area contributed by atoms with E-state index in [1.54, 1.807) is 21.9 Å². The Kier molecular flexibility index (Phi) is 4.54. The zero-order chi connectivity index (χ0) is 16.4. The van der Waals surface area contributed by atoms with Crippen LogP contribution in [-0.4, -0.2) is 58.1 Å². The van der Waals surface area contributed by atoms with Gasteiger partial charge in [-0.3, -0.25) is 14.4 Å². The average Bonchev–Trinajstić information content (AvgIpc) is 3.05. The van der Waals surface area contributed by atoms with Gasteiger partial charge in [0.15, 0.2) is 0 Å². The third-order valence-electron chi connectivity index (χ3n) is 5.62. The molecule has 5 heteroatoms. The van der Waals surface area contributed by atoms with Crippen molar-refractivity contribution in [1.82, 2.24) is 19.4 Å². The Balaban J connectivity index is 1.27. The maximum absolute atomic E-state index is 11.5. The highest BCUT2D eigenvalue weighted by Crippen LogP contribution is 2.25. The van der Waals surface area contributed by atoms with Crippen LogP contribution < -0.4 is 5.69 Å². The van der Waals surface area contributed by atoms with Crippen molar-refractivity contribution in [3.05, 3.63) is 58.3 Å². The summed E-state index contributed by atoms with van der Waals surface area (Å²) >= 11 is 0. The third kappa shape index (κ3) is 3.32. The van der Waals surface area contributed by atoms with Crippen molar-refractivity contribution in [2.24, 2.45) is 0 Å². The summed E-state index contributed by atoms with van der Waals surface area (Å²) in [7, 11) is 0. The van der Waals surface area contributed by atoms with E-state index in [9.17, 15) is 4.79 Å². The summed E-state index contributed by atoms with van der Waals surface area (Å²) in [4.78, 5) is 19.4. The van der Waals surface area contributed by atoms with Crippen molar-refractivity contribution in [1.29, 1.82) is 0 Å². The van der Waals surface area contributed by atoms with Gasteiger partial charge in [0, 0.05) is 57.7 Å². The standard InChI is InChI=1S/C19H26N4O/c24-19-20-7-8-23(19)14-11-21-9-12-22(13-10-21)18-6-5-16-3-1-2-4-17(16)15-18/h1-4,7-8,18H,5-6,9-15H2,(H,20,24)/t18-/m0/s1. The van der Waals surface area contributed by atoms with Gasteiger partial charge < -0.3 is 4.98 Å². The number of hydrogen-bond donors (Lipinski definition) is 1. The fourth-order valence-electron chi connectivity index (χ4n) is 4.12. The van der Waals surface area contributed by atoms with Gasteiger partial charge in [-0.15, -0.1) is 0 Å². The molecule has 5 nitrogen and oxygen atoms in total. The van der Waals surface area contributed by atoms with Crippen molar-refractivity contribution in [2.45, 2.75) is 31.8 Å². The summed E-state index contributed by atoms with van der Waals surface area (Å²) in [5.74, 6) is 0. The number of fused-ring (bicyclic) bond motifs is 1. The van der Waals surface area contributed by atoms with E-state index in [-0.39, 0.29) is 5.69 Å². The van der Waals surface area contributed by atoms with Crippen LogP contribution in [0.2, 0.25) is 0 Å². The molecule has 0 radical (unpaired) electrons. The smallest absolute Gasteiger partial charge is 0.313 e. The van der Waals surface area contributed by atoms with Gasteiger partial charge in [-0.2, -0.15) is 0 Å². The van der Waals surface area contributed by atoms with Crippen LogP contribution >= 0.6 is 0 Å². The molecule has 0 amide bonds. The molecule has 1 fully saturated rings. The molecule has 0 saturated carbocycles. The minimum atomic E-state index is -0.00509. The summed E-state index contributed by atoms with van der Waals surface area (Å²) < 4.78 is 1.75. The molecule has 1 aromatic carbocycles. The number of hydrogen-bond acceptors (Lipinski definition) is 3. The first-order chi connectivity index (χ1) is 11.8. The summed E-state index contributed by atoms with van der Waals surface area (Å²) in [5, 5.41) is 0. The van der Waals surface area contributed by atoms with Crippen LogP contribution in [0.4, 0.5) is 0 Å². The maximum atomic E-state index is 11.5. The Bertz CT molecular complexity index is 727. The summed E-state index contributed by atoms with van der Waals surface area (Å²) in [6, 6.07) is 9.61. The van der Waals surface area contributed by atoms with Gasteiger partial charge in [0.1, 0.15) is 0 Å². The predicted octanol–water partition coefficient (Wildman–Crippen LogP) is 1.35. The molecular weight excluding hydrogens is 300 g/mol. The van der Waals surface area contributed by atoms with Crippen molar-refractivity contribution in [2.75, 3.05) is 32.7 Å². The SMILES string of the molecule is O=c1[nH]ccn1CCN1CCN([C@H]2CCc3ccccc3C2)CC1. The minimum Gasteiger partial charge on any atom is -0.313 e. The molecule has 1 aromatic heterocycles.